The smallest absolute Gasteiger partial charge is 0.0632 e. The molecule has 0 unspecified atom stereocenters. The van der Waals surface area contributed by atoms with Gasteiger partial charge >= 0.3 is 0 Å². The zero-order valence-electron chi connectivity index (χ0n) is 15.6. The minimum atomic E-state index is -0.0135. The molecule has 23 heavy (non-hydrogen) atoms. The first kappa shape index (κ1) is 18.4. The molecular weight excluding hydrogens is 284 g/mol. The van der Waals surface area contributed by atoms with Gasteiger partial charge in [0.2, 0.25) is 0 Å². The largest absolute Gasteiger partial charge is 0.376 e. The summed E-state index contributed by atoms with van der Waals surface area (Å²) in [6.07, 6.45) is 2.28. The molecule has 1 aliphatic heterocycles. The first-order valence-electron chi connectivity index (χ1n) is 8.89. The molecule has 0 spiro atoms. The van der Waals surface area contributed by atoms with Crippen LogP contribution in [-0.2, 0) is 11.3 Å². The van der Waals surface area contributed by atoms with E-state index in [1.165, 1.54) is 5.56 Å². The highest BCUT2D eigenvalue weighted by Crippen LogP contribution is 2.40. The third-order valence-electron chi connectivity index (χ3n) is 4.83. The summed E-state index contributed by atoms with van der Waals surface area (Å²) in [5.74, 6) is 0. The van der Waals surface area contributed by atoms with E-state index in [9.17, 15) is 0 Å². The van der Waals surface area contributed by atoms with Gasteiger partial charge in [-0.1, -0.05) is 37.3 Å². The lowest BCUT2D eigenvalue weighted by molar-refractivity contribution is -0.117. The Bertz CT molecular complexity index is 472. The number of ether oxygens (including phenoxy) is 1. The minimum Gasteiger partial charge on any atom is -0.376 e. The summed E-state index contributed by atoms with van der Waals surface area (Å²) in [5, 5.41) is 0. The molecule has 1 aromatic carbocycles. The Balaban J connectivity index is 2.11. The van der Waals surface area contributed by atoms with Crippen molar-refractivity contribution in [3.63, 3.8) is 0 Å². The molecule has 1 fully saturated rings. The zero-order valence-corrected chi connectivity index (χ0v) is 15.6. The van der Waals surface area contributed by atoms with Gasteiger partial charge in [-0.3, -0.25) is 4.90 Å². The van der Waals surface area contributed by atoms with Crippen LogP contribution < -0.4 is 0 Å². The Labute approximate surface area is 142 Å². The van der Waals surface area contributed by atoms with Crippen LogP contribution in [-0.4, -0.2) is 55.7 Å². The number of hydrogen-bond acceptors (Lipinski definition) is 3. The summed E-state index contributed by atoms with van der Waals surface area (Å²) in [4.78, 5) is 4.94. The lowest BCUT2D eigenvalue weighted by atomic mass is 9.73. The first-order valence-corrected chi connectivity index (χ1v) is 8.89. The van der Waals surface area contributed by atoms with E-state index in [2.05, 4.69) is 75.0 Å². The zero-order chi connectivity index (χ0) is 16.9. The molecule has 1 aliphatic rings. The van der Waals surface area contributed by atoms with Gasteiger partial charge in [-0.25, -0.2) is 0 Å². The van der Waals surface area contributed by atoms with Crippen molar-refractivity contribution in [1.29, 1.82) is 0 Å². The van der Waals surface area contributed by atoms with E-state index >= 15 is 0 Å². The second-order valence-electron chi connectivity index (χ2n) is 8.06. The Kier molecular flexibility index (Phi) is 6.24. The fourth-order valence-corrected chi connectivity index (χ4v) is 4.17. The lowest BCUT2D eigenvalue weighted by Gasteiger charge is -2.48. The van der Waals surface area contributed by atoms with Crippen LogP contribution in [0.1, 0.15) is 39.2 Å². The van der Waals surface area contributed by atoms with E-state index in [4.69, 9.17) is 4.74 Å². The highest BCUT2D eigenvalue weighted by Gasteiger charge is 2.42. The van der Waals surface area contributed by atoms with Gasteiger partial charge in [0.1, 0.15) is 0 Å². The fraction of sp³-hybridized carbons (Fsp3) is 0.700. The van der Waals surface area contributed by atoms with E-state index in [1.54, 1.807) is 0 Å². The molecule has 130 valence electrons. The average Bonchev–Trinajstić information content (AvgIpc) is 2.45. The molecule has 0 radical (unpaired) electrons. The van der Waals surface area contributed by atoms with Crippen molar-refractivity contribution in [2.45, 2.75) is 45.8 Å². The first-order chi connectivity index (χ1) is 10.8. The molecule has 0 aliphatic carbocycles. The van der Waals surface area contributed by atoms with Crippen LogP contribution in [0.5, 0.6) is 0 Å². The van der Waals surface area contributed by atoms with Gasteiger partial charge in [0.25, 0.3) is 0 Å². The van der Waals surface area contributed by atoms with Crippen LogP contribution in [0.2, 0.25) is 0 Å². The van der Waals surface area contributed by atoms with Crippen LogP contribution in [0.25, 0.3) is 0 Å². The Morgan fingerprint density at radius 1 is 1.09 bits per heavy atom. The topological polar surface area (TPSA) is 15.7 Å². The van der Waals surface area contributed by atoms with Crippen LogP contribution in [0, 0.1) is 5.41 Å². The molecule has 3 heteroatoms. The second kappa shape index (κ2) is 7.78. The van der Waals surface area contributed by atoms with Crippen LogP contribution in [0.3, 0.4) is 0 Å². The van der Waals surface area contributed by atoms with E-state index in [-0.39, 0.29) is 5.60 Å². The predicted octanol–water partition coefficient (Wildman–Crippen LogP) is 3.65. The quantitative estimate of drug-likeness (QED) is 0.763. The summed E-state index contributed by atoms with van der Waals surface area (Å²) in [7, 11) is 4.38. The van der Waals surface area contributed by atoms with Crippen LogP contribution in [0.15, 0.2) is 30.3 Å². The summed E-state index contributed by atoms with van der Waals surface area (Å²) < 4.78 is 6.00. The van der Waals surface area contributed by atoms with Gasteiger partial charge in [-0.15, -0.1) is 0 Å². The van der Waals surface area contributed by atoms with Gasteiger partial charge in [0, 0.05) is 31.7 Å². The average molecular weight is 319 g/mol. The summed E-state index contributed by atoms with van der Waals surface area (Å²) in [5.41, 5.74) is 1.71. The Hall–Kier alpha value is -0.900. The maximum atomic E-state index is 6.00. The number of rotatable bonds is 7. The SMILES string of the molecule is CCN(Cc1ccccc1)C[C@]1(CN(C)C)CCOC(C)(C)C1. The molecule has 0 saturated carbocycles. The minimum absolute atomic E-state index is 0.0135. The molecule has 1 atom stereocenters. The molecule has 2 rings (SSSR count). The van der Waals surface area contributed by atoms with E-state index in [0.29, 0.717) is 5.41 Å². The highest BCUT2D eigenvalue weighted by atomic mass is 16.5. The highest BCUT2D eigenvalue weighted by molar-refractivity contribution is 5.14. The van der Waals surface area contributed by atoms with Gasteiger partial charge < -0.3 is 9.64 Å². The molecular formula is C20H34N2O. The van der Waals surface area contributed by atoms with Gasteiger partial charge in [-0.05, 0) is 52.9 Å². The van der Waals surface area contributed by atoms with E-state index in [0.717, 1.165) is 45.6 Å². The molecule has 0 bridgehead atoms. The summed E-state index contributed by atoms with van der Waals surface area (Å²) in [6, 6.07) is 10.8. The number of benzene rings is 1. The standard InChI is InChI=1S/C20H34N2O/c1-6-22(14-18-10-8-7-9-11-18)17-20(16-21(4)5)12-13-23-19(2,3)15-20/h7-11H,6,12-17H2,1-5H3/t20-/m1/s1. The van der Waals surface area contributed by atoms with Crippen molar-refractivity contribution < 1.29 is 4.74 Å². The number of nitrogens with zero attached hydrogens (tertiary/aromatic N) is 2. The van der Waals surface area contributed by atoms with Crippen LogP contribution >= 0.6 is 0 Å². The van der Waals surface area contributed by atoms with Crippen LogP contribution in [0.4, 0.5) is 0 Å². The predicted molar refractivity (Wildman–Crippen MR) is 97.6 cm³/mol. The normalized spacial score (nSPS) is 24.3. The lowest BCUT2D eigenvalue weighted by Crippen LogP contribution is -2.51. The summed E-state index contributed by atoms with van der Waals surface area (Å²) >= 11 is 0. The van der Waals surface area contributed by atoms with E-state index < -0.39 is 0 Å². The van der Waals surface area contributed by atoms with Crippen molar-refractivity contribution in [2.24, 2.45) is 5.41 Å². The molecule has 1 aromatic rings. The van der Waals surface area contributed by atoms with E-state index in [1.807, 2.05) is 0 Å². The molecule has 1 heterocycles. The van der Waals surface area contributed by atoms with Crippen molar-refractivity contribution in [3.05, 3.63) is 35.9 Å². The Morgan fingerprint density at radius 3 is 2.35 bits per heavy atom. The van der Waals surface area contributed by atoms with Crippen molar-refractivity contribution in [2.75, 3.05) is 40.3 Å². The van der Waals surface area contributed by atoms with Crippen molar-refractivity contribution in [1.82, 2.24) is 9.80 Å². The van der Waals surface area contributed by atoms with Gasteiger partial charge in [0.05, 0.1) is 5.60 Å². The number of hydrogen-bond donors (Lipinski definition) is 0. The third-order valence-corrected chi connectivity index (χ3v) is 4.83. The molecule has 1 saturated heterocycles. The molecule has 3 nitrogen and oxygen atoms in total. The molecule has 0 aromatic heterocycles. The third kappa shape index (κ3) is 5.59. The Morgan fingerprint density at radius 2 is 1.78 bits per heavy atom. The van der Waals surface area contributed by atoms with Crippen molar-refractivity contribution in [3.8, 4) is 0 Å². The monoisotopic (exact) mass is 318 g/mol. The maximum absolute atomic E-state index is 6.00. The van der Waals surface area contributed by atoms with Gasteiger partial charge in [-0.2, -0.15) is 0 Å². The van der Waals surface area contributed by atoms with Crippen molar-refractivity contribution >= 4 is 0 Å². The second-order valence-corrected chi connectivity index (χ2v) is 8.06. The fourth-order valence-electron chi connectivity index (χ4n) is 4.17. The maximum Gasteiger partial charge on any atom is 0.0632 e. The molecule has 0 amide bonds. The molecule has 0 N–H and O–H groups in total. The summed E-state index contributed by atoms with van der Waals surface area (Å²) in [6.45, 7) is 12.0. The van der Waals surface area contributed by atoms with Gasteiger partial charge in [0.15, 0.2) is 0 Å².